The molecule has 3 nitrogen and oxygen atoms in total. The normalized spacial score (nSPS) is 12.1. The topological polar surface area (TPSA) is 49.3 Å². The first-order chi connectivity index (χ1) is 10.2. The summed E-state index contributed by atoms with van der Waals surface area (Å²) in [6, 6.07) is 12.9. The molecule has 0 spiro atoms. The number of benzene rings is 1. The van der Waals surface area contributed by atoms with E-state index in [4.69, 9.17) is 11.6 Å². The lowest BCUT2D eigenvalue weighted by molar-refractivity contribution is -0.119. The van der Waals surface area contributed by atoms with E-state index in [1.165, 1.54) is 23.1 Å². The molecule has 1 aromatic heterocycles. The zero-order valence-corrected chi connectivity index (χ0v) is 13.7. The molecule has 2 rings (SSSR count). The molecular formula is C15H16ClNO2S2. The third-order valence-corrected chi connectivity index (χ3v) is 5.22. The summed E-state index contributed by atoms with van der Waals surface area (Å²) in [6.07, 6.45) is 0. The molecule has 0 radical (unpaired) electrons. The fraction of sp³-hybridized carbons (Fsp3) is 0.267. The minimum atomic E-state index is -0.351. The molecule has 6 heteroatoms. The fourth-order valence-electron chi connectivity index (χ4n) is 1.83. The van der Waals surface area contributed by atoms with Crippen molar-refractivity contribution in [2.75, 3.05) is 12.4 Å². The lowest BCUT2D eigenvalue weighted by Crippen LogP contribution is -2.32. The monoisotopic (exact) mass is 341 g/mol. The zero-order chi connectivity index (χ0) is 15.1. The molecule has 2 N–H and O–H groups in total. The molecule has 0 aliphatic carbocycles. The van der Waals surface area contributed by atoms with Gasteiger partial charge in [0.1, 0.15) is 0 Å². The number of aliphatic hydroxyl groups excluding tert-OH is 1. The second-order valence-electron chi connectivity index (χ2n) is 4.41. The first-order valence-electron chi connectivity index (χ1n) is 6.46. The van der Waals surface area contributed by atoms with Crippen LogP contribution in [-0.4, -0.2) is 23.4 Å². The van der Waals surface area contributed by atoms with Gasteiger partial charge in [0.15, 0.2) is 0 Å². The van der Waals surface area contributed by atoms with Gasteiger partial charge in [-0.2, -0.15) is 0 Å². The molecule has 1 unspecified atom stereocenters. The van der Waals surface area contributed by atoms with Crippen LogP contribution in [0.15, 0.2) is 42.5 Å². The molecular weight excluding hydrogens is 326 g/mol. The van der Waals surface area contributed by atoms with Crippen LogP contribution in [0.25, 0.3) is 0 Å². The molecule has 2 aromatic rings. The summed E-state index contributed by atoms with van der Waals surface area (Å²) in [5.74, 6) is 1.05. The van der Waals surface area contributed by atoms with Gasteiger partial charge in [0.25, 0.3) is 0 Å². The highest BCUT2D eigenvalue weighted by atomic mass is 35.5. The van der Waals surface area contributed by atoms with Crippen LogP contribution in [0.4, 0.5) is 0 Å². The summed E-state index contributed by atoms with van der Waals surface area (Å²) < 4.78 is 0.763. The minimum Gasteiger partial charge on any atom is -0.394 e. The second kappa shape index (κ2) is 8.44. The smallest absolute Gasteiger partial charge is 0.230 e. The molecule has 1 aromatic carbocycles. The van der Waals surface area contributed by atoms with Gasteiger partial charge in [0.2, 0.25) is 5.91 Å². The quantitative estimate of drug-likeness (QED) is 0.810. The minimum absolute atomic E-state index is 0.0782. The molecule has 0 fully saturated rings. The Hall–Kier alpha value is -1.01. The number of carbonyl (C=O) groups is 1. The molecule has 0 saturated carbocycles. The Labute approximate surface area is 137 Å². The molecule has 1 amide bonds. The Morgan fingerprint density at radius 2 is 2.05 bits per heavy atom. The number of halogens is 1. The van der Waals surface area contributed by atoms with E-state index in [0.717, 1.165) is 20.5 Å². The predicted octanol–water partition coefficient (Wildman–Crippen LogP) is 3.48. The highest BCUT2D eigenvalue weighted by molar-refractivity contribution is 7.99. The van der Waals surface area contributed by atoms with Gasteiger partial charge in [-0.3, -0.25) is 4.79 Å². The number of rotatable bonds is 7. The van der Waals surface area contributed by atoms with Crippen molar-refractivity contribution in [3.63, 3.8) is 0 Å². The van der Waals surface area contributed by atoms with Crippen LogP contribution in [0.3, 0.4) is 0 Å². The van der Waals surface area contributed by atoms with E-state index in [2.05, 4.69) is 5.32 Å². The lowest BCUT2D eigenvalue weighted by atomic mass is 10.1. The average molecular weight is 342 g/mol. The summed E-state index contributed by atoms with van der Waals surface area (Å²) in [6.45, 7) is -0.110. The Morgan fingerprint density at radius 3 is 2.67 bits per heavy atom. The average Bonchev–Trinajstić information content (AvgIpc) is 2.91. The van der Waals surface area contributed by atoms with Gasteiger partial charge in [0.05, 0.1) is 22.7 Å². The molecule has 21 heavy (non-hydrogen) atoms. The molecule has 112 valence electrons. The molecule has 1 atom stereocenters. The molecule has 0 aliphatic heterocycles. The van der Waals surface area contributed by atoms with E-state index in [1.807, 2.05) is 42.5 Å². The summed E-state index contributed by atoms with van der Waals surface area (Å²) >= 11 is 8.92. The third kappa shape index (κ3) is 5.36. The molecule has 1 heterocycles. The third-order valence-electron chi connectivity index (χ3n) is 2.83. The maximum Gasteiger partial charge on any atom is 0.230 e. The Bertz CT molecular complexity index is 574. The van der Waals surface area contributed by atoms with Crippen LogP contribution < -0.4 is 5.32 Å². The highest BCUT2D eigenvalue weighted by Crippen LogP contribution is 2.25. The summed E-state index contributed by atoms with van der Waals surface area (Å²) in [5, 5.41) is 12.2. The van der Waals surface area contributed by atoms with Crippen LogP contribution in [0.5, 0.6) is 0 Å². The van der Waals surface area contributed by atoms with Gasteiger partial charge in [-0.1, -0.05) is 41.9 Å². The summed E-state index contributed by atoms with van der Waals surface area (Å²) in [5.41, 5.74) is 0.906. The van der Waals surface area contributed by atoms with Gasteiger partial charge in [-0.05, 0) is 17.7 Å². The number of carbonyl (C=O) groups excluding carboxylic acids is 1. The number of thiophene rings is 1. The van der Waals surface area contributed by atoms with Crippen molar-refractivity contribution < 1.29 is 9.90 Å². The standard InChI is InChI=1S/C15H16ClNO2S2/c16-14-7-6-12(21-14)9-20-10-15(19)17-13(8-18)11-4-2-1-3-5-11/h1-7,13,18H,8-10H2,(H,17,19). The van der Waals surface area contributed by atoms with E-state index >= 15 is 0 Å². The van der Waals surface area contributed by atoms with Crippen molar-refractivity contribution in [2.45, 2.75) is 11.8 Å². The lowest BCUT2D eigenvalue weighted by Gasteiger charge is -2.16. The van der Waals surface area contributed by atoms with Crippen LogP contribution >= 0.6 is 34.7 Å². The number of amides is 1. The van der Waals surface area contributed by atoms with Gasteiger partial charge < -0.3 is 10.4 Å². The van der Waals surface area contributed by atoms with Crippen molar-refractivity contribution in [2.24, 2.45) is 0 Å². The highest BCUT2D eigenvalue weighted by Gasteiger charge is 2.13. The zero-order valence-electron chi connectivity index (χ0n) is 11.3. The van der Waals surface area contributed by atoms with Gasteiger partial charge >= 0.3 is 0 Å². The second-order valence-corrected chi connectivity index (χ2v) is 7.20. The van der Waals surface area contributed by atoms with Gasteiger partial charge in [-0.25, -0.2) is 0 Å². The number of hydrogen-bond acceptors (Lipinski definition) is 4. The first-order valence-corrected chi connectivity index (χ1v) is 8.81. The van der Waals surface area contributed by atoms with Crippen LogP contribution in [0.2, 0.25) is 4.34 Å². The predicted molar refractivity (Wildman–Crippen MR) is 89.9 cm³/mol. The van der Waals surface area contributed by atoms with Crippen LogP contribution in [0, 0.1) is 0 Å². The van der Waals surface area contributed by atoms with Crippen molar-refractivity contribution in [1.82, 2.24) is 5.32 Å². The first kappa shape index (κ1) is 16.4. The van der Waals surface area contributed by atoms with E-state index in [-0.39, 0.29) is 18.6 Å². The van der Waals surface area contributed by atoms with Gasteiger partial charge in [0, 0.05) is 10.6 Å². The van der Waals surface area contributed by atoms with Gasteiger partial charge in [-0.15, -0.1) is 23.1 Å². The van der Waals surface area contributed by atoms with Crippen molar-refractivity contribution in [3.05, 3.63) is 57.2 Å². The number of nitrogens with one attached hydrogen (secondary N) is 1. The SMILES string of the molecule is O=C(CSCc1ccc(Cl)s1)NC(CO)c1ccccc1. The van der Waals surface area contributed by atoms with E-state index in [0.29, 0.717) is 5.75 Å². The van der Waals surface area contributed by atoms with Crippen molar-refractivity contribution in [1.29, 1.82) is 0 Å². The molecule has 0 saturated heterocycles. The van der Waals surface area contributed by atoms with Crippen molar-refractivity contribution in [3.8, 4) is 0 Å². The molecule has 0 aliphatic rings. The Kier molecular flexibility index (Phi) is 6.57. The number of thioether (sulfide) groups is 1. The Morgan fingerprint density at radius 1 is 1.29 bits per heavy atom. The fourth-order valence-corrected chi connectivity index (χ4v) is 3.87. The maximum absolute atomic E-state index is 11.9. The molecule has 0 bridgehead atoms. The van der Waals surface area contributed by atoms with E-state index in [9.17, 15) is 9.90 Å². The number of hydrogen-bond donors (Lipinski definition) is 2. The largest absolute Gasteiger partial charge is 0.394 e. The Balaban J connectivity index is 1.78. The summed E-state index contributed by atoms with van der Waals surface area (Å²) in [7, 11) is 0. The van der Waals surface area contributed by atoms with E-state index in [1.54, 1.807) is 0 Å². The maximum atomic E-state index is 11.9. The van der Waals surface area contributed by atoms with Crippen LogP contribution in [0.1, 0.15) is 16.5 Å². The van der Waals surface area contributed by atoms with E-state index < -0.39 is 0 Å². The summed E-state index contributed by atoms with van der Waals surface area (Å²) in [4.78, 5) is 13.1. The number of aliphatic hydroxyl groups is 1. The van der Waals surface area contributed by atoms with Crippen LogP contribution in [-0.2, 0) is 10.5 Å². The van der Waals surface area contributed by atoms with Crippen molar-refractivity contribution >= 4 is 40.6 Å².